The molecule has 0 unspecified atom stereocenters. The van der Waals surface area contributed by atoms with Crippen molar-refractivity contribution in [2.75, 3.05) is 6.54 Å². The standard InChI is InChI=1S/C9H23NSi/c1-6-10-11(7-2,8-3)9(4)5/h9-10H,6-8H2,1-5H3. The van der Waals surface area contributed by atoms with E-state index in [1.807, 2.05) is 0 Å². The summed E-state index contributed by atoms with van der Waals surface area (Å²) in [6.07, 6.45) is 0. The van der Waals surface area contributed by atoms with Crippen molar-refractivity contribution in [3.8, 4) is 0 Å². The van der Waals surface area contributed by atoms with Gasteiger partial charge in [-0.2, -0.15) is 0 Å². The minimum absolute atomic E-state index is 0.873. The van der Waals surface area contributed by atoms with Crippen molar-refractivity contribution in [3.63, 3.8) is 0 Å². The fourth-order valence-electron chi connectivity index (χ4n) is 1.87. The van der Waals surface area contributed by atoms with Crippen LogP contribution in [0.3, 0.4) is 0 Å². The average Bonchev–Trinajstić information content (AvgIpc) is 2.00. The van der Waals surface area contributed by atoms with Crippen molar-refractivity contribution < 1.29 is 0 Å². The maximum Gasteiger partial charge on any atom is 0.127 e. The Labute approximate surface area is 72.7 Å². The predicted octanol–water partition coefficient (Wildman–Crippen LogP) is 2.99. The predicted molar refractivity (Wildman–Crippen MR) is 55.5 cm³/mol. The molecule has 0 aliphatic carbocycles. The van der Waals surface area contributed by atoms with Crippen molar-refractivity contribution in [3.05, 3.63) is 0 Å². The first-order chi connectivity index (χ1) is 5.13. The van der Waals surface area contributed by atoms with Crippen LogP contribution in [-0.4, -0.2) is 14.8 Å². The third-order valence-corrected chi connectivity index (χ3v) is 8.69. The van der Waals surface area contributed by atoms with E-state index in [1.165, 1.54) is 12.1 Å². The first kappa shape index (κ1) is 11.2. The first-order valence-electron chi connectivity index (χ1n) is 4.88. The van der Waals surface area contributed by atoms with Gasteiger partial charge < -0.3 is 4.98 Å². The molecule has 0 saturated heterocycles. The van der Waals surface area contributed by atoms with E-state index in [1.54, 1.807) is 0 Å². The molecule has 0 aromatic carbocycles. The number of hydrogen-bond acceptors (Lipinski definition) is 1. The summed E-state index contributed by atoms with van der Waals surface area (Å²) in [5.41, 5.74) is 0.873. The van der Waals surface area contributed by atoms with Crippen molar-refractivity contribution in [2.24, 2.45) is 0 Å². The van der Waals surface area contributed by atoms with Gasteiger partial charge in [0.25, 0.3) is 0 Å². The molecular weight excluding hydrogens is 150 g/mol. The molecule has 0 aliphatic rings. The molecule has 0 aromatic rings. The monoisotopic (exact) mass is 173 g/mol. The molecule has 0 radical (unpaired) electrons. The van der Waals surface area contributed by atoms with E-state index < -0.39 is 8.24 Å². The summed E-state index contributed by atoms with van der Waals surface area (Å²) in [5, 5.41) is 0. The molecule has 0 amide bonds. The van der Waals surface area contributed by atoms with E-state index in [4.69, 9.17) is 0 Å². The molecule has 68 valence electrons. The van der Waals surface area contributed by atoms with Crippen LogP contribution in [0.2, 0.25) is 17.6 Å². The molecule has 1 nitrogen and oxygen atoms in total. The van der Waals surface area contributed by atoms with Gasteiger partial charge in [0, 0.05) is 0 Å². The van der Waals surface area contributed by atoms with Crippen LogP contribution in [0.25, 0.3) is 0 Å². The van der Waals surface area contributed by atoms with E-state index in [0.717, 1.165) is 12.1 Å². The molecule has 0 aromatic heterocycles. The van der Waals surface area contributed by atoms with Crippen molar-refractivity contribution in [2.45, 2.75) is 52.2 Å². The van der Waals surface area contributed by atoms with Crippen molar-refractivity contribution >= 4 is 8.24 Å². The highest BCUT2D eigenvalue weighted by atomic mass is 28.3. The molecule has 0 heterocycles. The maximum absolute atomic E-state index is 3.73. The van der Waals surface area contributed by atoms with Crippen LogP contribution in [0.4, 0.5) is 0 Å². The molecule has 11 heavy (non-hydrogen) atoms. The molecule has 1 N–H and O–H groups in total. The maximum atomic E-state index is 3.73. The van der Waals surface area contributed by atoms with Gasteiger partial charge in [-0.05, 0) is 24.2 Å². The Morgan fingerprint density at radius 3 is 1.64 bits per heavy atom. The minimum Gasteiger partial charge on any atom is -0.337 e. The van der Waals surface area contributed by atoms with Crippen LogP contribution in [-0.2, 0) is 0 Å². The third-order valence-electron chi connectivity index (χ3n) is 2.90. The van der Waals surface area contributed by atoms with Gasteiger partial charge >= 0.3 is 0 Å². The first-order valence-corrected chi connectivity index (χ1v) is 7.37. The second kappa shape index (κ2) is 4.94. The molecule has 0 atom stereocenters. The zero-order chi connectivity index (χ0) is 8.91. The van der Waals surface area contributed by atoms with Crippen LogP contribution in [0.5, 0.6) is 0 Å². The fourth-order valence-corrected chi connectivity index (χ4v) is 5.62. The van der Waals surface area contributed by atoms with E-state index in [9.17, 15) is 0 Å². The van der Waals surface area contributed by atoms with Gasteiger partial charge in [0.2, 0.25) is 0 Å². The van der Waals surface area contributed by atoms with E-state index >= 15 is 0 Å². The van der Waals surface area contributed by atoms with Crippen LogP contribution >= 0.6 is 0 Å². The molecule has 0 rings (SSSR count). The highest BCUT2D eigenvalue weighted by Gasteiger charge is 2.31. The summed E-state index contributed by atoms with van der Waals surface area (Å²) in [7, 11) is -1.07. The Kier molecular flexibility index (Phi) is 5.02. The smallest absolute Gasteiger partial charge is 0.127 e. The lowest BCUT2D eigenvalue weighted by Gasteiger charge is -2.34. The van der Waals surface area contributed by atoms with E-state index in [0.29, 0.717) is 0 Å². The summed E-state index contributed by atoms with van der Waals surface area (Å²) < 4.78 is 0. The molecule has 0 spiro atoms. The Morgan fingerprint density at radius 2 is 1.55 bits per heavy atom. The second-order valence-corrected chi connectivity index (χ2v) is 8.78. The zero-order valence-corrected chi connectivity index (χ0v) is 9.70. The SMILES string of the molecule is CCN[Si](CC)(CC)C(C)C. The van der Waals surface area contributed by atoms with Crippen LogP contribution < -0.4 is 4.98 Å². The molecule has 0 aliphatic heterocycles. The Bertz CT molecular complexity index is 97.7. The molecule has 0 bridgehead atoms. The van der Waals surface area contributed by atoms with Gasteiger partial charge in [0.1, 0.15) is 8.24 Å². The summed E-state index contributed by atoms with van der Waals surface area (Å²) in [6, 6.07) is 2.74. The van der Waals surface area contributed by atoms with Crippen LogP contribution in [0, 0.1) is 0 Å². The minimum atomic E-state index is -1.07. The van der Waals surface area contributed by atoms with Crippen molar-refractivity contribution in [1.29, 1.82) is 0 Å². The van der Waals surface area contributed by atoms with E-state index in [-0.39, 0.29) is 0 Å². The normalized spacial score (nSPS) is 12.5. The Balaban J connectivity index is 4.20. The van der Waals surface area contributed by atoms with Gasteiger partial charge in [-0.25, -0.2) is 0 Å². The molecule has 2 heteroatoms. The summed E-state index contributed by atoms with van der Waals surface area (Å²) in [5.74, 6) is 0. The zero-order valence-electron chi connectivity index (χ0n) is 8.70. The lowest BCUT2D eigenvalue weighted by atomic mass is 10.6. The number of hydrogen-bond donors (Lipinski definition) is 1. The Hall–Kier alpha value is 0.177. The lowest BCUT2D eigenvalue weighted by molar-refractivity contribution is 0.843. The topological polar surface area (TPSA) is 12.0 Å². The van der Waals surface area contributed by atoms with E-state index in [2.05, 4.69) is 39.6 Å². The summed E-state index contributed by atoms with van der Waals surface area (Å²) in [6.45, 7) is 12.8. The highest BCUT2D eigenvalue weighted by Crippen LogP contribution is 2.25. The molecular formula is C9H23NSi. The summed E-state index contributed by atoms with van der Waals surface area (Å²) in [4.78, 5) is 3.73. The highest BCUT2D eigenvalue weighted by molar-refractivity contribution is 6.78. The van der Waals surface area contributed by atoms with Gasteiger partial charge in [-0.15, -0.1) is 0 Å². The Morgan fingerprint density at radius 1 is 1.09 bits per heavy atom. The van der Waals surface area contributed by atoms with Crippen molar-refractivity contribution in [1.82, 2.24) is 4.98 Å². The van der Waals surface area contributed by atoms with Crippen LogP contribution in [0.1, 0.15) is 34.6 Å². The summed E-state index contributed by atoms with van der Waals surface area (Å²) >= 11 is 0. The van der Waals surface area contributed by atoms with Gasteiger partial charge in [-0.1, -0.05) is 34.6 Å². The largest absolute Gasteiger partial charge is 0.337 e. The van der Waals surface area contributed by atoms with Gasteiger partial charge in [0.05, 0.1) is 0 Å². The lowest BCUT2D eigenvalue weighted by Crippen LogP contribution is -2.51. The van der Waals surface area contributed by atoms with Gasteiger partial charge in [0.15, 0.2) is 0 Å². The molecule has 0 saturated carbocycles. The number of nitrogens with one attached hydrogen (secondary N) is 1. The van der Waals surface area contributed by atoms with Crippen LogP contribution in [0.15, 0.2) is 0 Å². The third kappa shape index (κ3) is 2.60. The number of rotatable bonds is 5. The average molecular weight is 173 g/mol. The fraction of sp³-hybridized carbons (Fsp3) is 1.00. The van der Waals surface area contributed by atoms with Gasteiger partial charge in [-0.3, -0.25) is 0 Å². The molecule has 0 fully saturated rings. The quantitative estimate of drug-likeness (QED) is 0.630. The second-order valence-electron chi connectivity index (χ2n) is 3.55.